The van der Waals surface area contributed by atoms with E-state index < -0.39 is 8.07 Å². The molecule has 0 aliphatic heterocycles. The third-order valence-electron chi connectivity index (χ3n) is 2.56. The standard InChI is InChI=1S/C15H19NSi/c1-12-5-7-13(8-6-12)15-10-9-14(11-16-15)17(2,3)4/h5-11H,1-4H3/i1D,5D,6D,7D,8D. The van der Waals surface area contributed by atoms with E-state index in [0.29, 0.717) is 5.69 Å². The molecule has 0 saturated carbocycles. The maximum Gasteiger partial charge on any atom is 0.0796 e. The Morgan fingerprint density at radius 2 is 1.82 bits per heavy atom. The molecular weight excluding hydrogens is 222 g/mol. The minimum Gasteiger partial charge on any atom is -0.256 e. The molecular formula is C15H19NSi. The van der Waals surface area contributed by atoms with Crippen LogP contribution in [0.5, 0.6) is 0 Å². The minimum atomic E-state index is -1.48. The van der Waals surface area contributed by atoms with Crippen LogP contribution in [0.25, 0.3) is 11.3 Å². The second kappa shape index (κ2) is 4.45. The van der Waals surface area contributed by atoms with E-state index >= 15 is 0 Å². The second-order valence-corrected chi connectivity index (χ2v) is 10.1. The summed E-state index contributed by atoms with van der Waals surface area (Å²) in [6.45, 7) is 6.37. The molecule has 0 bridgehead atoms. The molecule has 0 atom stereocenters. The summed E-state index contributed by atoms with van der Waals surface area (Å²) in [5.41, 5.74) is 0.766. The number of aromatic nitrogens is 1. The van der Waals surface area contributed by atoms with E-state index in [0.717, 1.165) is 0 Å². The summed E-state index contributed by atoms with van der Waals surface area (Å²) in [7, 11) is -1.48. The number of hydrogen-bond acceptors (Lipinski definition) is 1. The number of nitrogens with zero attached hydrogens (tertiary/aromatic N) is 1. The molecule has 2 heteroatoms. The van der Waals surface area contributed by atoms with Gasteiger partial charge < -0.3 is 0 Å². The van der Waals surface area contributed by atoms with E-state index in [2.05, 4.69) is 24.6 Å². The van der Waals surface area contributed by atoms with Gasteiger partial charge in [-0.05, 0) is 18.2 Å². The molecule has 0 amide bonds. The lowest BCUT2D eigenvalue weighted by Crippen LogP contribution is -2.37. The van der Waals surface area contributed by atoms with Gasteiger partial charge in [-0.1, -0.05) is 55.4 Å². The summed E-state index contributed by atoms with van der Waals surface area (Å²) < 4.78 is 39.4. The lowest BCUT2D eigenvalue weighted by molar-refractivity contribution is 1.33. The summed E-state index contributed by atoms with van der Waals surface area (Å²) in [6.07, 6.45) is 1.77. The molecule has 1 nitrogen and oxygen atoms in total. The number of rotatable bonds is 2. The second-order valence-electron chi connectivity index (χ2n) is 5.04. The highest BCUT2D eigenvalue weighted by Gasteiger charge is 2.16. The Labute approximate surface area is 112 Å². The Bertz CT molecular complexity index is 678. The number of benzene rings is 1. The highest BCUT2D eigenvalue weighted by Crippen LogP contribution is 2.16. The van der Waals surface area contributed by atoms with Gasteiger partial charge in [0.25, 0.3) is 0 Å². The molecule has 0 unspecified atom stereocenters. The fraction of sp³-hybridized carbons (Fsp3) is 0.267. The van der Waals surface area contributed by atoms with Gasteiger partial charge in [-0.15, -0.1) is 0 Å². The van der Waals surface area contributed by atoms with Crippen LogP contribution in [0.3, 0.4) is 0 Å². The molecule has 0 N–H and O–H groups in total. The highest BCUT2D eigenvalue weighted by molar-refractivity contribution is 6.88. The maximum atomic E-state index is 8.09. The zero-order chi connectivity index (χ0) is 16.7. The Balaban J connectivity index is 2.63. The highest BCUT2D eigenvalue weighted by atomic mass is 28.3. The van der Waals surface area contributed by atoms with Crippen LogP contribution < -0.4 is 5.19 Å². The van der Waals surface area contributed by atoms with Crippen LogP contribution in [0.4, 0.5) is 0 Å². The van der Waals surface area contributed by atoms with Crippen LogP contribution in [0, 0.1) is 6.90 Å². The zero-order valence-corrected chi connectivity index (χ0v) is 11.4. The first-order chi connectivity index (χ1) is 10.2. The van der Waals surface area contributed by atoms with Gasteiger partial charge in [0.2, 0.25) is 0 Å². The molecule has 0 fully saturated rings. The molecule has 0 radical (unpaired) electrons. The molecule has 2 aromatic rings. The van der Waals surface area contributed by atoms with Crippen molar-refractivity contribution in [2.75, 3.05) is 0 Å². The van der Waals surface area contributed by atoms with Gasteiger partial charge in [-0.25, -0.2) is 0 Å². The van der Waals surface area contributed by atoms with Crippen molar-refractivity contribution in [3.63, 3.8) is 0 Å². The van der Waals surface area contributed by atoms with E-state index in [9.17, 15) is 0 Å². The van der Waals surface area contributed by atoms with Gasteiger partial charge in [0.1, 0.15) is 0 Å². The molecule has 1 aromatic carbocycles. The summed E-state index contributed by atoms with van der Waals surface area (Å²) in [5.74, 6) is 0. The van der Waals surface area contributed by atoms with Crippen molar-refractivity contribution in [1.82, 2.24) is 4.98 Å². The molecule has 1 heterocycles. The van der Waals surface area contributed by atoms with Crippen molar-refractivity contribution in [2.24, 2.45) is 0 Å². The van der Waals surface area contributed by atoms with Crippen molar-refractivity contribution in [3.05, 3.63) is 48.1 Å². The van der Waals surface area contributed by atoms with Crippen molar-refractivity contribution in [3.8, 4) is 11.3 Å². The Morgan fingerprint density at radius 3 is 2.29 bits per heavy atom. The average Bonchev–Trinajstić information content (AvgIpc) is 2.46. The smallest absolute Gasteiger partial charge is 0.0796 e. The van der Waals surface area contributed by atoms with E-state index in [1.807, 2.05) is 6.07 Å². The van der Waals surface area contributed by atoms with Gasteiger partial charge in [-0.3, -0.25) is 4.98 Å². The first-order valence-corrected chi connectivity index (χ1v) is 9.03. The third kappa shape index (κ3) is 2.83. The van der Waals surface area contributed by atoms with Gasteiger partial charge in [0.15, 0.2) is 0 Å². The van der Waals surface area contributed by atoms with Gasteiger partial charge >= 0.3 is 0 Å². The van der Waals surface area contributed by atoms with Crippen LogP contribution >= 0.6 is 0 Å². The van der Waals surface area contributed by atoms with Crippen LogP contribution in [-0.2, 0) is 0 Å². The zero-order valence-electron chi connectivity index (χ0n) is 15.4. The Hall–Kier alpha value is -1.41. The van der Waals surface area contributed by atoms with E-state index in [-0.39, 0.29) is 42.2 Å². The number of pyridine rings is 1. The first-order valence-electron chi connectivity index (χ1n) is 8.24. The summed E-state index contributed by atoms with van der Waals surface area (Å²) >= 11 is 0. The summed E-state index contributed by atoms with van der Waals surface area (Å²) in [4.78, 5) is 4.36. The predicted octanol–water partition coefficient (Wildman–Crippen LogP) is 3.60. The van der Waals surface area contributed by atoms with E-state index in [4.69, 9.17) is 6.85 Å². The lowest BCUT2D eigenvalue weighted by Gasteiger charge is -2.16. The van der Waals surface area contributed by atoms with Crippen molar-refractivity contribution in [1.29, 1.82) is 0 Å². The molecule has 1 aromatic heterocycles. The lowest BCUT2D eigenvalue weighted by atomic mass is 10.1. The van der Waals surface area contributed by atoms with Crippen molar-refractivity contribution < 1.29 is 6.85 Å². The van der Waals surface area contributed by atoms with Crippen LogP contribution in [-0.4, -0.2) is 13.1 Å². The predicted molar refractivity (Wildman–Crippen MR) is 77.4 cm³/mol. The van der Waals surface area contributed by atoms with Crippen molar-refractivity contribution in [2.45, 2.75) is 26.5 Å². The normalized spacial score (nSPS) is 15.6. The molecule has 88 valence electrons. The molecule has 0 spiro atoms. The molecule has 0 aliphatic carbocycles. The Morgan fingerprint density at radius 1 is 1.12 bits per heavy atom. The fourth-order valence-corrected chi connectivity index (χ4v) is 2.49. The Kier molecular flexibility index (Phi) is 1.86. The van der Waals surface area contributed by atoms with E-state index in [1.165, 1.54) is 5.19 Å². The van der Waals surface area contributed by atoms with Gasteiger partial charge in [0, 0.05) is 13.1 Å². The monoisotopic (exact) mass is 246 g/mol. The molecule has 0 saturated heterocycles. The van der Waals surface area contributed by atoms with Crippen LogP contribution in [0.1, 0.15) is 12.4 Å². The molecule has 0 aliphatic rings. The largest absolute Gasteiger partial charge is 0.256 e. The molecule has 2 rings (SSSR count). The van der Waals surface area contributed by atoms with Crippen LogP contribution in [0.15, 0.2) is 42.5 Å². The summed E-state index contributed by atoms with van der Waals surface area (Å²) in [6, 6.07) is 3.16. The minimum absolute atomic E-state index is 0.123. The van der Waals surface area contributed by atoms with Gasteiger partial charge in [-0.2, -0.15) is 0 Å². The quantitative estimate of drug-likeness (QED) is 0.738. The van der Waals surface area contributed by atoms with Gasteiger partial charge in [0.05, 0.1) is 19.3 Å². The van der Waals surface area contributed by atoms with Crippen molar-refractivity contribution >= 4 is 13.3 Å². The maximum absolute atomic E-state index is 8.09. The number of hydrogen-bond donors (Lipinski definition) is 0. The third-order valence-corrected chi connectivity index (χ3v) is 4.59. The topological polar surface area (TPSA) is 12.9 Å². The average molecular weight is 246 g/mol. The fourth-order valence-electron chi connectivity index (χ4n) is 1.45. The van der Waals surface area contributed by atoms with Crippen LogP contribution in [0.2, 0.25) is 19.6 Å². The first kappa shape index (κ1) is 7.12. The van der Waals surface area contributed by atoms with E-state index in [1.54, 1.807) is 12.3 Å². The SMILES string of the molecule is [2H]Cc1c([2H])c([2H])c(-c2ccc([Si](C)(C)C)cn2)c([2H])c1[2H]. The molecule has 17 heavy (non-hydrogen) atoms. The summed E-state index contributed by atoms with van der Waals surface area (Å²) in [5, 5.41) is 1.18.